The predicted molar refractivity (Wildman–Crippen MR) is 135 cm³/mol. The molecule has 14 heteroatoms. The Kier molecular flexibility index (Phi) is 10.0. The number of hydrogen-bond acceptors (Lipinski definition) is 10. The lowest BCUT2D eigenvalue weighted by Crippen LogP contribution is -2.41. The molecule has 1 amide bonds. The molecule has 39 heavy (non-hydrogen) atoms. The van der Waals surface area contributed by atoms with Gasteiger partial charge in [0, 0.05) is 38.2 Å². The Morgan fingerprint density at radius 3 is 2.62 bits per heavy atom. The minimum atomic E-state index is -4.72. The van der Waals surface area contributed by atoms with Crippen molar-refractivity contribution in [2.75, 3.05) is 57.1 Å². The number of nitrogen functional groups attached to an aromatic ring is 1. The van der Waals surface area contributed by atoms with Gasteiger partial charge >= 0.3 is 6.18 Å². The second kappa shape index (κ2) is 13.2. The van der Waals surface area contributed by atoms with Crippen LogP contribution in [0.2, 0.25) is 0 Å². The second-order valence-electron chi connectivity index (χ2n) is 8.79. The predicted octanol–water partition coefficient (Wildman–Crippen LogP) is 2.02. The third kappa shape index (κ3) is 8.26. The van der Waals surface area contributed by atoms with Gasteiger partial charge in [-0.1, -0.05) is 0 Å². The van der Waals surface area contributed by atoms with Gasteiger partial charge in [0.25, 0.3) is 5.91 Å². The van der Waals surface area contributed by atoms with E-state index in [0.29, 0.717) is 32.8 Å². The number of rotatable bonds is 11. The van der Waals surface area contributed by atoms with Crippen molar-refractivity contribution in [2.24, 2.45) is 0 Å². The number of ketones is 1. The second-order valence-corrected chi connectivity index (χ2v) is 8.79. The van der Waals surface area contributed by atoms with Gasteiger partial charge in [0.15, 0.2) is 17.2 Å². The third-order valence-corrected chi connectivity index (χ3v) is 5.90. The number of carbonyl (C=O) groups excluding carboxylic acids is 2. The van der Waals surface area contributed by atoms with Crippen LogP contribution in [-0.4, -0.2) is 78.6 Å². The molecule has 1 aromatic carbocycles. The molecule has 0 radical (unpaired) electrons. The molecule has 1 saturated heterocycles. The molecular formula is C25H30F3N7O4. The van der Waals surface area contributed by atoms with E-state index in [0.717, 1.165) is 12.1 Å². The Morgan fingerprint density at radius 1 is 1.26 bits per heavy atom. The van der Waals surface area contributed by atoms with Crippen LogP contribution in [0.15, 0.2) is 18.2 Å². The van der Waals surface area contributed by atoms with Crippen molar-refractivity contribution >= 4 is 23.5 Å². The number of anilines is 2. The van der Waals surface area contributed by atoms with Gasteiger partial charge in [-0.3, -0.25) is 14.5 Å². The van der Waals surface area contributed by atoms with E-state index in [1.807, 2.05) is 6.07 Å². The van der Waals surface area contributed by atoms with Crippen LogP contribution >= 0.6 is 0 Å². The number of nitrogens with one attached hydrogen (secondary N) is 2. The number of morpholine rings is 1. The van der Waals surface area contributed by atoms with E-state index in [1.165, 1.54) is 13.0 Å². The number of benzene rings is 1. The molecule has 3 rings (SSSR count). The first-order valence-electron chi connectivity index (χ1n) is 12.3. The molecule has 1 fully saturated rings. The van der Waals surface area contributed by atoms with Gasteiger partial charge < -0.3 is 25.8 Å². The lowest BCUT2D eigenvalue weighted by atomic mass is 9.99. The summed E-state index contributed by atoms with van der Waals surface area (Å²) in [5.41, 5.74) is 4.38. The van der Waals surface area contributed by atoms with Crippen LogP contribution in [0, 0.1) is 11.3 Å². The zero-order valence-corrected chi connectivity index (χ0v) is 21.6. The van der Waals surface area contributed by atoms with Gasteiger partial charge in [0.05, 0.1) is 31.4 Å². The van der Waals surface area contributed by atoms with Crippen molar-refractivity contribution in [3.8, 4) is 11.9 Å². The fourth-order valence-electron chi connectivity index (χ4n) is 3.89. The maximum Gasteiger partial charge on any atom is 0.416 e. The Labute approximate surface area is 223 Å². The van der Waals surface area contributed by atoms with E-state index >= 15 is 0 Å². The molecule has 1 atom stereocenters. The molecule has 0 unspecified atom stereocenters. The summed E-state index contributed by atoms with van der Waals surface area (Å²) in [5, 5.41) is 14.9. The number of Topliss-reactive ketones (excluding diaryl/α,β-unsaturated/α-hetero) is 1. The molecular weight excluding hydrogens is 519 g/mol. The van der Waals surface area contributed by atoms with Crippen LogP contribution in [0.3, 0.4) is 0 Å². The van der Waals surface area contributed by atoms with Gasteiger partial charge in [-0.2, -0.15) is 28.4 Å². The van der Waals surface area contributed by atoms with E-state index in [4.69, 9.17) is 15.2 Å². The molecule has 4 N–H and O–H groups in total. The van der Waals surface area contributed by atoms with Crippen LogP contribution in [-0.2, 0) is 22.1 Å². The van der Waals surface area contributed by atoms with Crippen molar-refractivity contribution in [3.63, 3.8) is 0 Å². The third-order valence-electron chi connectivity index (χ3n) is 5.90. The summed E-state index contributed by atoms with van der Waals surface area (Å²) in [6.45, 7) is 6.73. The highest BCUT2D eigenvalue weighted by molar-refractivity contribution is 5.95. The number of nitrogens with two attached hydrogens (primary N) is 1. The zero-order valence-electron chi connectivity index (χ0n) is 21.6. The van der Waals surface area contributed by atoms with Crippen LogP contribution in [0.4, 0.5) is 24.9 Å². The summed E-state index contributed by atoms with van der Waals surface area (Å²) in [7, 11) is 0. The van der Waals surface area contributed by atoms with E-state index in [1.54, 1.807) is 6.92 Å². The van der Waals surface area contributed by atoms with Crippen LogP contribution in [0.5, 0.6) is 5.88 Å². The number of halogens is 3. The maximum atomic E-state index is 13.6. The average Bonchev–Trinajstić information content (AvgIpc) is 2.88. The Bertz CT molecular complexity index is 1230. The normalized spacial score (nSPS) is 14.8. The SMILES string of the molecule is CCOc1nc(N)nc(N[C@@H](C)C(=O)Cc2cc(C(=O)NCCN3CCOCC3)cc(C(F)(F)F)c2)c1C#N. The first-order chi connectivity index (χ1) is 18.5. The van der Waals surface area contributed by atoms with Crippen LogP contribution in [0.25, 0.3) is 0 Å². The number of amides is 1. The standard InChI is InChI=1S/C25H30F3N7O4/c1-3-39-23-19(14-29)21(33-24(30)34-23)32-15(2)20(36)12-16-10-17(13-18(11-16)25(26,27)28)22(37)31-4-5-35-6-8-38-9-7-35/h10-11,13,15H,3-9,12H2,1-2H3,(H,31,37)(H3,30,32,33,34)/t15-/m0/s1. The molecule has 0 bridgehead atoms. The summed E-state index contributed by atoms with van der Waals surface area (Å²) >= 11 is 0. The lowest BCUT2D eigenvalue weighted by Gasteiger charge is -2.26. The minimum absolute atomic E-state index is 0.0134. The van der Waals surface area contributed by atoms with E-state index in [9.17, 15) is 28.0 Å². The van der Waals surface area contributed by atoms with Crippen molar-refractivity contribution in [1.29, 1.82) is 5.26 Å². The van der Waals surface area contributed by atoms with Crippen molar-refractivity contribution in [2.45, 2.75) is 32.5 Å². The molecule has 1 aromatic heterocycles. The smallest absolute Gasteiger partial charge is 0.416 e. The van der Waals surface area contributed by atoms with Crippen LogP contribution < -0.4 is 21.1 Å². The first kappa shape index (κ1) is 29.6. The van der Waals surface area contributed by atoms with Gasteiger partial charge in [-0.05, 0) is 37.6 Å². The molecule has 0 aliphatic carbocycles. The molecule has 2 aromatic rings. The fourth-order valence-corrected chi connectivity index (χ4v) is 3.89. The molecule has 11 nitrogen and oxygen atoms in total. The largest absolute Gasteiger partial charge is 0.477 e. The highest BCUT2D eigenvalue weighted by atomic mass is 19.4. The minimum Gasteiger partial charge on any atom is -0.477 e. The van der Waals surface area contributed by atoms with Gasteiger partial charge in [0.1, 0.15) is 6.07 Å². The Balaban J connectivity index is 1.74. The number of ether oxygens (including phenoxy) is 2. The Hall–Kier alpha value is -3.96. The summed E-state index contributed by atoms with van der Waals surface area (Å²) in [4.78, 5) is 35.5. The summed E-state index contributed by atoms with van der Waals surface area (Å²) in [6, 6.07) is 3.79. The highest BCUT2D eigenvalue weighted by Gasteiger charge is 2.32. The monoisotopic (exact) mass is 549 g/mol. The molecule has 0 saturated carbocycles. The number of aromatic nitrogens is 2. The van der Waals surface area contributed by atoms with Crippen molar-refractivity contribution < 1.29 is 32.2 Å². The van der Waals surface area contributed by atoms with Crippen molar-refractivity contribution in [1.82, 2.24) is 20.2 Å². The number of alkyl halides is 3. The quantitative estimate of drug-likeness (QED) is 0.379. The van der Waals surface area contributed by atoms with Crippen molar-refractivity contribution in [3.05, 3.63) is 40.5 Å². The van der Waals surface area contributed by atoms with Gasteiger partial charge in [0.2, 0.25) is 11.8 Å². The van der Waals surface area contributed by atoms with Crippen LogP contribution in [0.1, 0.15) is 40.9 Å². The average molecular weight is 550 g/mol. The van der Waals surface area contributed by atoms with E-state index in [-0.39, 0.29) is 47.5 Å². The molecule has 1 aliphatic heterocycles. The number of nitriles is 1. The molecule has 0 spiro atoms. The molecule has 2 heterocycles. The number of carbonyl (C=O) groups is 2. The topological polar surface area (TPSA) is 155 Å². The number of nitrogens with zero attached hydrogens (tertiary/aromatic N) is 4. The highest BCUT2D eigenvalue weighted by Crippen LogP contribution is 2.31. The Morgan fingerprint density at radius 2 is 1.97 bits per heavy atom. The maximum absolute atomic E-state index is 13.6. The zero-order chi connectivity index (χ0) is 28.6. The van der Waals surface area contributed by atoms with Gasteiger partial charge in [-0.25, -0.2) is 0 Å². The molecule has 210 valence electrons. The summed E-state index contributed by atoms with van der Waals surface area (Å²) in [6.07, 6.45) is -5.13. The first-order valence-corrected chi connectivity index (χ1v) is 12.3. The van der Waals surface area contributed by atoms with Gasteiger partial charge in [-0.15, -0.1) is 0 Å². The van der Waals surface area contributed by atoms with E-state index in [2.05, 4.69) is 25.5 Å². The number of hydrogen-bond donors (Lipinski definition) is 3. The molecule has 1 aliphatic rings. The lowest BCUT2D eigenvalue weighted by molar-refractivity contribution is -0.137. The van der Waals surface area contributed by atoms with E-state index < -0.39 is 35.9 Å². The summed E-state index contributed by atoms with van der Waals surface area (Å²) in [5.74, 6) is -1.47. The fraction of sp³-hybridized carbons (Fsp3) is 0.480. The summed E-state index contributed by atoms with van der Waals surface area (Å²) < 4.78 is 51.4.